The number of aryl methyl sites for hydroxylation is 4. The standard InChI is InChI=1S/C22H24N4O2/c1-14-6-5-7-18(9-14)24-20(27)13-26-21(28)12-17(4)23-22(26)25-19-10-15(2)8-16(3)11-19/h5-12H,13H2,1-4H3,(H,23,25)(H,24,27). The number of rotatable bonds is 5. The number of carbonyl (C=O) groups is 1. The Morgan fingerprint density at radius 3 is 2.29 bits per heavy atom. The second kappa shape index (κ2) is 8.08. The number of hydrogen-bond acceptors (Lipinski definition) is 4. The van der Waals surface area contributed by atoms with E-state index in [1.807, 2.05) is 57.2 Å². The van der Waals surface area contributed by atoms with Crippen LogP contribution >= 0.6 is 0 Å². The number of nitrogens with zero attached hydrogens (tertiary/aromatic N) is 2. The number of benzene rings is 2. The molecule has 1 aromatic heterocycles. The predicted molar refractivity (Wildman–Crippen MR) is 112 cm³/mol. The van der Waals surface area contributed by atoms with Gasteiger partial charge in [-0.25, -0.2) is 4.98 Å². The van der Waals surface area contributed by atoms with E-state index in [9.17, 15) is 9.59 Å². The van der Waals surface area contributed by atoms with Crippen molar-refractivity contribution in [1.82, 2.24) is 9.55 Å². The lowest BCUT2D eigenvalue weighted by Gasteiger charge is -2.15. The smallest absolute Gasteiger partial charge is 0.255 e. The fourth-order valence-electron chi connectivity index (χ4n) is 3.11. The highest BCUT2D eigenvalue weighted by Gasteiger charge is 2.12. The molecule has 0 saturated carbocycles. The molecule has 1 heterocycles. The molecule has 144 valence electrons. The van der Waals surface area contributed by atoms with Crippen LogP contribution in [0, 0.1) is 27.7 Å². The van der Waals surface area contributed by atoms with Crippen LogP contribution in [0.4, 0.5) is 17.3 Å². The molecule has 0 atom stereocenters. The van der Waals surface area contributed by atoms with E-state index in [0.717, 1.165) is 22.4 Å². The van der Waals surface area contributed by atoms with Crippen molar-refractivity contribution in [2.45, 2.75) is 34.2 Å². The molecule has 6 heteroatoms. The van der Waals surface area contributed by atoms with Gasteiger partial charge in [-0.3, -0.25) is 14.2 Å². The lowest BCUT2D eigenvalue weighted by Crippen LogP contribution is -2.30. The van der Waals surface area contributed by atoms with Crippen molar-refractivity contribution in [3.05, 3.63) is 81.3 Å². The van der Waals surface area contributed by atoms with Crippen LogP contribution in [0.3, 0.4) is 0 Å². The molecule has 0 fully saturated rings. The van der Waals surface area contributed by atoms with Gasteiger partial charge in [0.2, 0.25) is 11.9 Å². The summed E-state index contributed by atoms with van der Waals surface area (Å²) < 4.78 is 1.34. The zero-order valence-corrected chi connectivity index (χ0v) is 16.5. The molecule has 0 aliphatic carbocycles. The van der Waals surface area contributed by atoms with E-state index >= 15 is 0 Å². The predicted octanol–water partition coefficient (Wildman–Crippen LogP) is 3.86. The second-order valence-corrected chi connectivity index (χ2v) is 7.06. The van der Waals surface area contributed by atoms with Gasteiger partial charge < -0.3 is 10.6 Å². The number of aromatic nitrogens is 2. The minimum atomic E-state index is -0.290. The van der Waals surface area contributed by atoms with Crippen LogP contribution in [0.25, 0.3) is 0 Å². The Balaban J connectivity index is 1.88. The summed E-state index contributed by atoms with van der Waals surface area (Å²) in [6, 6.07) is 15.0. The largest absolute Gasteiger partial charge is 0.325 e. The van der Waals surface area contributed by atoms with E-state index in [1.165, 1.54) is 10.6 Å². The van der Waals surface area contributed by atoms with Gasteiger partial charge in [0.15, 0.2) is 0 Å². The molecule has 3 aromatic rings. The third-order valence-electron chi connectivity index (χ3n) is 4.22. The monoisotopic (exact) mass is 376 g/mol. The molecule has 0 saturated heterocycles. The van der Waals surface area contributed by atoms with Gasteiger partial charge in [-0.2, -0.15) is 0 Å². The summed E-state index contributed by atoms with van der Waals surface area (Å²) in [7, 11) is 0. The maximum atomic E-state index is 12.5. The van der Waals surface area contributed by atoms with Crippen molar-refractivity contribution >= 4 is 23.2 Å². The van der Waals surface area contributed by atoms with Gasteiger partial charge in [0.1, 0.15) is 6.54 Å². The van der Waals surface area contributed by atoms with Crippen LogP contribution in [0.1, 0.15) is 22.4 Å². The van der Waals surface area contributed by atoms with E-state index in [0.29, 0.717) is 17.3 Å². The molecule has 28 heavy (non-hydrogen) atoms. The van der Waals surface area contributed by atoms with Gasteiger partial charge in [-0.05, 0) is 68.7 Å². The van der Waals surface area contributed by atoms with E-state index in [2.05, 4.69) is 21.7 Å². The molecular weight excluding hydrogens is 352 g/mol. The zero-order chi connectivity index (χ0) is 20.3. The Morgan fingerprint density at radius 1 is 0.929 bits per heavy atom. The molecule has 0 radical (unpaired) electrons. The molecule has 0 spiro atoms. The topological polar surface area (TPSA) is 76.0 Å². The van der Waals surface area contributed by atoms with Crippen LogP contribution in [-0.2, 0) is 11.3 Å². The van der Waals surface area contributed by atoms with Gasteiger partial charge in [0.25, 0.3) is 5.56 Å². The van der Waals surface area contributed by atoms with Crippen molar-refractivity contribution in [3.8, 4) is 0 Å². The highest BCUT2D eigenvalue weighted by Crippen LogP contribution is 2.18. The fraction of sp³-hybridized carbons (Fsp3) is 0.227. The first-order valence-corrected chi connectivity index (χ1v) is 9.10. The molecule has 2 aromatic carbocycles. The molecule has 0 unspecified atom stereocenters. The minimum Gasteiger partial charge on any atom is -0.325 e. The molecule has 0 aliphatic heterocycles. The normalized spacial score (nSPS) is 10.6. The summed E-state index contributed by atoms with van der Waals surface area (Å²) in [5.41, 5.74) is 5.07. The Bertz CT molecular complexity index is 1070. The third kappa shape index (κ3) is 4.85. The average Bonchev–Trinajstić information content (AvgIpc) is 2.57. The van der Waals surface area contributed by atoms with E-state index in [4.69, 9.17) is 0 Å². The molecular formula is C22H24N4O2. The average molecular weight is 376 g/mol. The maximum absolute atomic E-state index is 12.5. The van der Waals surface area contributed by atoms with Gasteiger partial charge in [-0.15, -0.1) is 0 Å². The van der Waals surface area contributed by atoms with Crippen LogP contribution in [-0.4, -0.2) is 15.5 Å². The Morgan fingerprint density at radius 2 is 1.61 bits per heavy atom. The molecule has 3 rings (SSSR count). The Hall–Kier alpha value is -3.41. The lowest BCUT2D eigenvalue weighted by atomic mass is 10.1. The first-order chi connectivity index (χ1) is 13.3. The molecule has 0 bridgehead atoms. The van der Waals surface area contributed by atoms with Crippen molar-refractivity contribution in [2.75, 3.05) is 10.6 Å². The summed E-state index contributed by atoms with van der Waals surface area (Å²) >= 11 is 0. The van der Waals surface area contributed by atoms with Crippen molar-refractivity contribution < 1.29 is 4.79 Å². The molecule has 0 aliphatic rings. The lowest BCUT2D eigenvalue weighted by molar-refractivity contribution is -0.116. The van der Waals surface area contributed by atoms with Crippen molar-refractivity contribution in [1.29, 1.82) is 0 Å². The maximum Gasteiger partial charge on any atom is 0.255 e. The number of carbonyl (C=O) groups excluding carboxylic acids is 1. The summed E-state index contributed by atoms with van der Waals surface area (Å²) in [5, 5.41) is 6.01. The van der Waals surface area contributed by atoms with Crippen LogP contribution < -0.4 is 16.2 Å². The first-order valence-electron chi connectivity index (χ1n) is 9.10. The van der Waals surface area contributed by atoms with Crippen LogP contribution in [0.5, 0.6) is 0 Å². The highest BCUT2D eigenvalue weighted by molar-refractivity contribution is 5.90. The van der Waals surface area contributed by atoms with Crippen molar-refractivity contribution in [3.63, 3.8) is 0 Å². The van der Waals surface area contributed by atoms with E-state index in [-0.39, 0.29) is 18.0 Å². The van der Waals surface area contributed by atoms with E-state index < -0.39 is 0 Å². The molecule has 1 amide bonds. The zero-order valence-electron chi connectivity index (χ0n) is 16.5. The van der Waals surface area contributed by atoms with E-state index in [1.54, 1.807) is 6.92 Å². The Labute approximate surface area is 164 Å². The second-order valence-electron chi connectivity index (χ2n) is 7.06. The number of nitrogens with one attached hydrogen (secondary N) is 2. The van der Waals surface area contributed by atoms with Crippen molar-refractivity contribution in [2.24, 2.45) is 0 Å². The van der Waals surface area contributed by atoms with Crippen LogP contribution in [0.15, 0.2) is 53.3 Å². The number of anilines is 3. The molecule has 6 nitrogen and oxygen atoms in total. The summed E-state index contributed by atoms with van der Waals surface area (Å²) in [6.07, 6.45) is 0. The minimum absolute atomic E-state index is 0.132. The van der Waals surface area contributed by atoms with Gasteiger partial charge in [-0.1, -0.05) is 18.2 Å². The number of amides is 1. The third-order valence-corrected chi connectivity index (χ3v) is 4.22. The SMILES string of the molecule is Cc1cccc(NC(=O)Cn2c(Nc3cc(C)cc(C)c3)nc(C)cc2=O)c1. The van der Waals surface area contributed by atoms with Gasteiger partial charge in [0.05, 0.1) is 0 Å². The Kier molecular flexibility index (Phi) is 5.59. The summed E-state index contributed by atoms with van der Waals surface area (Å²) in [6.45, 7) is 7.59. The fourth-order valence-corrected chi connectivity index (χ4v) is 3.11. The summed E-state index contributed by atoms with van der Waals surface area (Å²) in [5.74, 6) is 0.0521. The van der Waals surface area contributed by atoms with Gasteiger partial charge >= 0.3 is 0 Å². The van der Waals surface area contributed by atoms with Crippen LogP contribution in [0.2, 0.25) is 0 Å². The first kappa shape index (κ1) is 19.4. The highest BCUT2D eigenvalue weighted by atomic mass is 16.2. The quantitative estimate of drug-likeness (QED) is 0.709. The molecule has 2 N–H and O–H groups in total. The van der Waals surface area contributed by atoms with Gasteiger partial charge in [0, 0.05) is 23.1 Å². The summed E-state index contributed by atoms with van der Waals surface area (Å²) in [4.78, 5) is 29.5. The number of hydrogen-bond donors (Lipinski definition) is 2.